The maximum Gasteiger partial charge on any atom is 0.308 e. The molecule has 23 heavy (non-hydrogen) atoms. The van der Waals surface area contributed by atoms with Crippen molar-refractivity contribution in [1.29, 1.82) is 0 Å². The van der Waals surface area contributed by atoms with E-state index in [1.807, 2.05) is 31.2 Å². The molecular weight excluding hydrogens is 334 g/mol. The van der Waals surface area contributed by atoms with E-state index in [0.29, 0.717) is 12.8 Å². The SMILES string of the molecule is CCCCC(C(=O)O)C(CSc1nc2ccccc2s1)C(=O)O. The summed E-state index contributed by atoms with van der Waals surface area (Å²) in [6, 6.07) is 7.71. The minimum Gasteiger partial charge on any atom is -0.481 e. The third-order valence-corrected chi connectivity index (χ3v) is 5.95. The van der Waals surface area contributed by atoms with E-state index in [1.54, 1.807) is 0 Å². The van der Waals surface area contributed by atoms with Gasteiger partial charge >= 0.3 is 11.9 Å². The molecule has 1 aromatic heterocycles. The van der Waals surface area contributed by atoms with Crippen LogP contribution in [0.15, 0.2) is 28.6 Å². The number of carboxylic acid groups (broad SMARTS) is 2. The van der Waals surface area contributed by atoms with Crippen LogP contribution in [0.25, 0.3) is 10.2 Å². The molecule has 0 amide bonds. The van der Waals surface area contributed by atoms with Gasteiger partial charge in [0, 0.05) is 5.75 Å². The van der Waals surface area contributed by atoms with Gasteiger partial charge in [0.25, 0.3) is 0 Å². The molecule has 124 valence electrons. The summed E-state index contributed by atoms with van der Waals surface area (Å²) < 4.78 is 1.82. The molecule has 0 aliphatic carbocycles. The molecule has 2 N–H and O–H groups in total. The van der Waals surface area contributed by atoms with Gasteiger partial charge in [-0.3, -0.25) is 9.59 Å². The van der Waals surface area contributed by atoms with E-state index in [4.69, 9.17) is 0 Å². The zero-order chi connectivity index (χ0) is 16.8. The number of thiazole rings is 1. The van der Waals surface area contributed by atoms with Crippen molar-refractivity contribution in [2.24, 2.45) is 11.8 Å². The number of para-hydroxylation sites is 1. The van der Waals surface area contributed by atoms with Gasteiger partial charge in [0.15, 0.2) is 4.34 Å². The number of thioether (sulfide) groups is 1. The second-order valence-corrected chi connectivity index (χ2v) is 7.59. The van der Waals surface area contributed by atoms with Crippen LogP contribution in [0.5, 0.6) is 0 Å². The van der Waals surface area contributed by atoms with Crippen molar-refractivity contribution in [2.75, 3.05) is 5.75 Å². The Morgan fingerprint density at radius 2 is 1.91 bits per heavy atom. The van der Waals surface area contributed by atoms with E-state index in [9.17, 15) is 19.8 Å². The van der Waals surface area contributed by atoms with Crippen LogP contribution < -0.4 is 0 Å². The lowest BCUT2D eigenvalue weighted by atomic mass is 9.89. The molecule has 0 fully saturated rings. The molecule has 0 bridgehead atoms. The van der Waals surface area contributed by atoms with Crippen LogP contribution in [0.3, 0.4) is 0 Å². The highest BCUT2D eigenvalue weighted by atomic mass is 32.2. The first-order valence-corrected chi connectivity index (χ1v) is 9.27. The molecule has 0 aliphatic heterocycles. The molecule has 1 aromatic carbocycles. The number of unbranched alkanes of at least 4 members (excludes halogenated alkanes) is 1. The molecule has 0 spiro atoms. The molecule has 2 rings (SSSR count). The van der Waals surface area contributed by atoms with Gasteiger partial charge in [-0.2, -0.15) is 0 Å². The van der Waals surface area contributed by atoms with E-state index in [-0.39, 0.29) is 5.75 Å². The Hall–Kier alpha value is -1.60. The molecular formula is C16H19NO4S2. The van der Waals surface area contributed by atoms with Crippen molar-refractivity contribution in [2.45, 2.75) is 30.5 Å². The van der Waals surface area contributed by atoms with Gasteiger partial charge in [-0.25, -0.2) is 4.98 Å². The Kier molecular flexibility index (Phi) is 6.41. The minimum absolute atomic E-state index is 0.218. The van der Waals surface area contributed by atoms with Crippen molar-refractivity contribution >= 4 is 45.3 Å². The Labute approximate surface area is 142 Å². The van der Waals surface area contributed by atoms with Crippen molar-refractivity contribution in [1.82, 2.24) is 4.98 Å². The fourth-order valence-corrected chi connectivity index (χ4v) is 4.62. The molecule has 2 unspecified atom stereocenters. The first kappa shape index (κ1) is 17.7. The number of nitrogens with zero attached hydrogens (tertiary/aromatic N) is 1. The second kappa shape index (κ2) is 8.31. The van der Waals surface area contributed by atoms with Gasteiger partial charge in [-0.15, -0.1) is 11.3 Å². The lowest BCUT2D eigenvalue weighted by Crippen LogP contribution is -2.31. The number of rotatable bonds is 9. The highest BCUT2D eigenvalue weighted by molar-refractivity contribution is 8.01. The van der Waals surface area contributed by atoms with Crippen LogP contribution in [0.1, 0.15) is 26.2 Å². The molecule has 2 aromatic rings. The maximum atomic E-state index is 11.5. The van der Waals surface area contributed by atoms with Crippen molar-refractivity contribution in [3.63, 3.8) is 0 Å². The van der Waals surface area contributed by atoms with Gasteiger partial charge in [0.1, 0.15) is 0 Å². The van der Waals surface area contributed by atoms with Crippen LogP contribution in [-0.2, 0) is 9.59 Å². The number of hydrogen-bond acceptors (Lipinski definition) is 5. The van der Waals surface area contributed by atoms with E-state index < -0.39 is 23.8 Å². The predicted octanol–water partition coefficient (Wildman–Crippen LogP) is 3.98. The molecule has 0 saturated carbocycles. The standard InChI is InChI=1S/C16H19NO4S2/c1-2-3-6-10(14(18)19)11(15(20)21)9-22-16-17-12-7-4-5-8-13(12)23-16/h4-5,7-8,10-11H,2-3,6,9H2,1H3,(H,18,19)(H,20,21). The van der Waals surface area contributed by atoms with E-state index in [2.05, 4.69) is 4.98 Å². The normalized spacial score (nSPS) is 13.8. The number of benzene rings is 1. The third kappa shape index (κ3) is 4.68. The Balaban J connectivity index is 2.08. The van der Waals surface area contributed by atoms with Crippen LogP contribution in [0, 0.1) is 11.8 Å². The van der Waals surface area contributed by atoms with Gasteiger partial charge in [-0.1, -0.05) is 43.7 Å². The molecule has 2 atom stereocenters. The number of aliphatic carboxylic acids is 2. The highest BCUT2D eigenvalue weighted by Gasteiger charge is 2.33. The first-order valence-electron chi connectivity index (χ1n) is 7.47. The first-order chi connectivity index (χ1) is 11.0. The van der Waals surface area contributed by atoms with Crippen LogP contribution in [0.4, 0.5) is 0 Å². The molecule has 0 radical (unpaired) electrons. The highest BCUT2D eigenvalue weighted by Crippen LogP contribution is 2.32. The quantitative estimate of drug-likeness (QED) is 0.663. The van der Waals surface area contributed by atoms with Gasteiger partial charge in [-0.05, 0) is 18.6 Å². The fraction of sp³-hybridized carbons (Fsp3) is 0.438. The van der Waals surface area contributed by atoms with Gasteiger partial charge in [0.2, 0.25) is 0 Å². The van der Waals surface area contributed by atoms with Crippen molar-refractivity contribution in [3.05, 3.63) is 24.3 Å². The van der Waals surface area contributed by atoms with Crippen molar-refractivity contribution in [3.8, 4) is 0 Å². The van der Waals surface area contributed by atoms with Gasteiger partial charge < -0.3 is 10.2 Å². The van der Waals surface area contributed by atoms with Crippen molar-refractivity contribution < 1.29 is 19.8 Å². The van der Waals surface area contributed by atoms with Crippen LogP contribution >= 0.6 is 23.1 Å². The summed E-state index contributed by atoms with van der Waals surface area (Å²) in [4.78, 5) is 27.4. The molecule has 1 heterocycles. The maximum absolute atomic E-state index is 11.5. The number of carbonyl (C=O) groups is 2. The summed E-state index contributed by atoms with van der Waals surface area (Å²) in [5.41, 5.74) is 0.882. The lowest BCUT2D eigenvalue weighted by molar-refractivity contribution is -0.153. The fourth-order valence-electron chi connectivity index (χ4n) is 2.35. The summed E-state index contributed by atoms with van der Waals surface area (Å²) in [5, 5.41) is 18.8. The predicted molar refractivity (Wildman–Crippen MR) is 92.1 cm³/mol. The van der Waals surface area contributed by atoms with Gasteiger partial charge in [0.05, 0.1) is 22.1 Å². The minimum atomic E-state index is -1.05. The monoisotopic (exact) mass is 353 g/mol. The zero-order valence-corrected chi connectivity index (χ0v) is 14.4. The second-order valence-electron chi connectivity index (χ2n) is 5.29. The molecule has 0 saturated heterocycles. The van der Waals surface area contributed by atoms with E-state index in [0.717, 1.165) is 21.0 Å². The Morgan fingerprint density at radius 3 is 2.52 bits per heavy atom. The summed E-state index contributed by atoms with van der Waals surface area (Å²) in [6.45, 7) is 1.96. The lowest BCUT2D eigenvalue weighted by Gasteiger charge is -2.19. The summed E-state index contributed by atoms with van der Waals surface area (Å²) in [7, 11) is 0. The van der Waals surface area contributed by atoms with E-state index >= 15 is 0 Å². The van der Waals surface area contributed by atoms with Crippen LogP contribution in [-0.4, -0.2) is 32.9 Å². The topological polar surface area (TPSA) is 87.5 Å². The number of carboxylic acids is 2. The number of fused-ring (bicyclic) bond motifs is 1. The smallest absolute Gasteiger partial charge is 0.308 e. The summed E-state index contributed by atoms with van der Waals surface area (Å²) in [6.07, 6.45) is 1.96. The summed E-state index contributed by atoms with van der Waals surface area (Å²) >= 11 is 2.83. The third-order valence-electron chi connectivity index (χ3n) is 3.65. The largest absolute Gasteiger partial charge is 0.481 e. The molecule has 7 heteroatoms. The molecule has 0 aliphatic rings. The number of aromatic nitrogens is 1. The Morgan fingerprint density at radius 1 is 1.22 bits per heavy atom. The number of hydrogen-bond donors (Lipinski definition) is 2. The summed E-state index contributed by atoms with van der Waals surface area (Å²) in [5.74, 6) is -3.63. The zero-order valence-electron chi connectivity index (χ0n) is 12.8. The Bertz CT molecular complexity index is 653. The van der Waals surface area contributed by atoms with Crippen LogP contribution in [0.2, 0.25) is 0 Å². The average Bonchev–Trinajstić information content (AvgIpc) is 2.92. The van der Waals surface area contributed by atoms with E-state index in [1.165, 1.54) is 23.1 Å². The molecule has 5 nitrogen and oxygen atoms in total. The average molecular weight is 353 g/mol.